The standard InChI is InChI=1S/C19H23N5O2/c1-12-10-18-20-7-4-17(24(18)21-12)15-5-8-23(9-6-15)19(25)11-16-13(2)22-26-14(16)3/h4,7,10,15H,5-6,8-9,11H2,1-3H3. The Morgan fingerprint density at radius 2 is 2.04 bits per heavy atom. The summed E-state index contributed by atoms with van der Waals surface area (Å²) in [5.74, 6) is 1.27. The molecule has 1 fully saturated rings. The van der Waals surface area contributed by atoms with Crippen molar-refractivity contribution in [2.75, 3.05) is 13.1 Å². The maximum absolute atomic E-state index is 12.7. The minimum Gasteiger partial charge on any atom is -0.361 e. The van der Waals surface area contributed by atoms with Crippen molar-refractivity contribution in [1.82, 2.24) is 24.7 Å². The Bertz CT molecular complexity index is 931. The van der Waals surface area contributed by atoms with Gasteiger partial charge in [0.2, 0.25) is 5.91 Å². The van der Waals surface area contributed by atoms with Crippen molar-refractivity contribution >= 4 is 11.6 Å². The average molecular weight is 353 g/mol. The summed E-state index contributed by atoms with van der Waals surface area (Å²) in [4.78, 5) is 19.0. The van der Waals surface area contributed by atoms with Gasteiger partial charge in [-0.1, -0.05) is 5.16 Å². The zero-order valence-electron chi connectivity index (χ0n) is 15.4. The number of amides is 1. The van der Waals surface area contributed by atoms with E-state index in [1.807, 2.05) is 48.5 Å². The van der Waals surface area contributed by atoms with Gasteiger partial charge in [0.1, 0.15) is 5.76 Å². The molecule has 1 saturated heterocycles. The summed E-state index contributed by atoms with van der Waals surface area (Å²) in [6, 6.07) is 4.04. The minimum absolute atomic E-state index is 0.146. The summed E-state index contributed by atoms with van der Waals surface area (Å²) >= 11 is 0. The first-order valence-corrected chi connectivity index (χ1v) is 9.03. The molecule has 1 amide bonds. The molecule has 0 bridgehead atoms. The maximum Gasteiger partial charge on any atom is 0.227 e. The Hall–Kier alpha value is -2.70. The predicted octanol–water partition coefficient (Wildman–Crippen LogP) is 2.59. The molecule has 0 N–H and O–H groups in total. The van der Waals surface area contributed by atoms with E-state index < -0.39 is 0 Å². The molecule has 0 saturated carbocycles. The Morgan fingerprint density at radius 1 is 1.27 bits per heavy atom. The van der Waals surface area contributed by atoms with Crippen LogP contribution in [0.5, 0.6) is 0 Å². The van der Waals surface area contributed by atoms with Gasteiger partial charge in [-0.25, -0.2) is 9.50 Å². The van der Waals surface area contributed by atoms with E-state index in [9.17, 15) is 4.79 Å². The number of carbonyl (C=O) groups is 1. The van der Waals surface area contributed by atoms with Gasteiger partial charge in [0.25, 0.3) is 0 Å². The monoisotopic (exact) mass is 353 g/mol. The van der Waals surface area contributed by atoms with Crippen LogP contribution in [0.1, 0.15) is 47.2 Å². The molecule has 0 atom stereocenters. The SMILES string of the molecule is Cc1cc2nccc(C3CCN(C(=O)Cc4c(C)noc4C)CC3)n2n1. The van der Waals surface area contributed by atoms with E-state index in [0.717, 1.165) is 54.3 Å². The van der Waals surface area contributed by atoms with E-state index in [0.29, 0.717) is 12.3 Å². The molecule has 3 aromatic heterocycles. The van der Waals surface area contributed by atoms with Crippen LogP contribution in [0, 0.1) is 20.8 Å². The zero-order chi connectivity index (χ0) is 18.3. The molecule has 3 aromatic rings. The fourth-order valence-electron chi connectivity index (χ4n) is 3.78. The topological polar surface area (TPSA) is 76.5 Å². The normalized spacial score (nSPS) is 15.7. The Labute approximate surface area is 152 Å². The summed E-state index contributed by atoms with van der Waals surface area (Å²) in [6.07, 6.45) is 4.08. The van der Waals surface area contributed by atoms with E-state index in [4.69, 9.17) is 4.52 Å². The number of rotatable bonds is 3. The lowest BCUT2D eigenvalue weighted by molar-refractivity contribution is -0.131. The Balaban J connectivity index is 1.44. The summed E-state index contributed by atoms with van der Waals surface area (Å²) in [7, 11) is 0. The molecular weight excluding hydrogens is 330 g/mol. The lowest BCUT2D eigenvalue weighted by atomic mass is 9.93. The van der Waals surface area contributed by atoms with Gasteiger partial charge in [0.05, 0.1) is 17.8 Å². The number of piperidine rings is 1. The van der Waals surface area contributed by atoms with Gasteiger partial charge < -0.3 is 9.42 Å². The highest BCUT2D eigenvalue weighted by molar-refractivity contribution is 5.79. The third-order valence-electron chi connectivity index (χ3n) is 5.28. The quantitative estimate of drug-likeness (QED) is 0.723. The first-order chi connectivity index (χ1) is 12.5. The van der Waals surface area contributed by atoms with Crippen LogP contribution in [-0.2, 0) is 11.2 Å². The number of likely N-dealkylation sites (tertiary alicyclic amines) is 1. The molecule has 26 heavy (non-hydrogen) atoms. The summed E-state index contributed by atoms with van der Waals surface area (Å²) < 4.78 is 7.11. The lowest BCUT2D eigenvalue weighted by Crippen LogP contribution is -2.39. The number of nitrogens with zero attached hydrogens (tertiary/aromatic N) is 5. The van der Waals surface area contributed by atoms with Gasteiger partial charge >= 0.3 is 0 Å². The molecule has 4 rings (SSSR count). The van der Waals surface area contributed by atoms with Crippen LogP contribution in [0.15, 0.2) is 22.9 Å². The zero-order valence-corrected chi connectivity index (χ0v) is 15.4. The van der Waals surface area contributed by atoms with Crippen molar-refractivity contribution in [3.05, 3.63) is 46.7 Å². The smallest absolute Gasteiger partial charge is 0.227 e. The highest BCUT2D eigenvalue weighted by Crippen LogP contribution is 2.28. The largest absolute Gasteiger partial charge is 0.361 e. The summed E-state index contributed by atoms with van der Waals surface area (Å²) in [5.41, 5.74) is 4.76. The van der Waals surface area contributed by atoms with Gasteiger partial charge in [-0.15, -0.1) is 0 Å². The van der Waals surface area contributed by atoms with Crippen LogP contribution in [-0.4, -0.2) is 43.7 Å². The molecule has 0 unspecified atom stereocenters. The molecule has 7 heteroatoms. The van der Waals surface area contributed by atoms with E-state index in [2.05, 4.69) is 15.2 Å². The van der Waals surface area contributed by atoms with Crippen molar-refractivity contribution in [2.24, 2.45) is 0 Å². The minimum atomic E-state index is 0.146. The van der Waals surface area contributed by atoms with E-state index in [1.54, 1.807) is 0 Å². The summed E-state index contributed by atoms with van der Waals surface area (Å²) in [6.45, 7) is 7.24. The van der Waals surface area contributed by atoms with Crippen LogP contribution in [0.3, 0.4) is 0 Å². The van der Waals surface area contributed by atoms with Crippen LogP contribution in [0.2, 0.25) is 0 Å². The first-order valence-electron chi connectivity index (χ1n) is 9.03. The molecule has 0 radical (unpaired) electrons. The van der Waals surface area contributed by atoms with Gasteiger partial charge in [0, 0.05) is 42.5 Å². The van der Waals surface area contributed by atoms with Crippen molar-refractivity contribution in [2.45, 2.75) is 46.0 Å². The highest BCUT2D eigenvalue weighted by Gasteiger charge is 2.26. The lowest BCUT2D eigenvalue weighted by Gasteiger charge is -2.32. The number of hydrogen-bond acceptors (Lipinski definition) is 5. The van der Waals surface area contributed by atoms with Crippen LogP contribution in [0.4, 0.5) is 0 Å². The fourth-order valence-corrected chi connectivity index (χ4v) is 3.78. The van der Waals surface area contributed by atoms with E-state index >= 15 is 0 Å². The van der Waals surface area contributed by atoms with Crippen LogP contribution in [0.25, 0.3) is 5.65 Å². The second-order valence-corrected chi connectivity index (χ2v) is 7.06. The van der Waals surface area contributed by atoms with Gasteiger partial charge in [-0.3, -0.25) is 4.79 Å². The molecule has 4 heterocycles. The van der Waals surface area contributed by atoms with Crippen molar-refractivity contribution < 1.29 is 9.32 Å². The Morgan fingerprint density at radius 3 is 2.73 bits per heavy atom. The molecule has 0 spiro atoms. The summed E-state index contributed by atoms with van der Waals surface area (Å²) in [5, 5.41) is 8.50. The van der Waals surface area contributed by atoms with Gasteiger partial charge in [0.15, 0.2) is 5.65 Å². The van der Waals surface area contributed by atoms with E-state index in [-0.39, 0.29) is 5.91 Å². The van der Waals surface area contributed by atoms with Crippen LogP contribution >= 0.6 is 0 Å². The second kappa shape index (κ2) is 6.55. The predicted molar refractivity (Wildman–Crippen MR) is 96.0 cm³/mol. The highest BCUT2D eigenvalue weighted by atomic mass is 16.5. The molecule has 0 aromatic carbocycles. The van der Waals surface area contributed by atoms with Gasteiger partial charge in [-0.2, -0.15) is 5.10 Å². The maximum atomic E-state index is 12.7. The van der Waals surface area contributed by atoms with Gasteiger partial charge in [-0.05, 0) is 39.7 Å². The third-order valence-corrected chi connectivity index (χ3v) is 5.28. The Kier molecular flexibility index (Phi) is 4.22. The van der Waals surface area contributed by atoms with Crippen molar-refractivity contribution in [3.8, 4) is 0 Å². The number of aromatic nitrogens is 4. The molecule has 136 valence electrons. The van der Waals surface area contributed by atoms with Crippen molar-refractivity contribution in [3.63, 3.8) is 0 Å². The molecule has 7 nitrogen and oxygen atoms in total. The fraction of sp³-hybridized carbons (Fsp3) is 0.474. The molecular formula is C19H23N5O2. The molecule has 0 aliphatic carbocycles. The number of aryl methyl sites for hydroxylation is 3. The van der Waals surface area contributed by atoms with Crippen molar-refractivity contribution in [1.29, 1.82) is 0 Å². The number of hydrogen-bond donors (Lipinski definition) is 0. The third kappa shape index (κ3) is 2.98. The molecule has 1 aliphatic rings. The average Bonchev–Trinajstić information content (AvgIpc) is 3.17. The first kappa shape index (κ1) is 16.8. The number of fused-ring (bicyclic) bond motifs is 1. The molecule has 1 aliphatic heterocycles. The van der Waals surface area contributed by atoms with Crippen LogP contribution < -0.4 is 0 Å². The second-order valence-electron chi connectivity index (χ2n) is 7.06. The number of carbonyl (C=O) groups excluding carboxylic acids is 1. The van der Waals surface area contributed by atoms with E-state index in [1.165, 1.54) is 5.69 Å².